The van der Waals surface area contributed by atoms with Crippen molar-refractivity contribution in [1.82, 2.24) is 5.06 Å². The highest BCUT2D eigenvalue weighted by molar-refractivity contribution is 5.13. The van der Waals surface area contributed by atoms with E-state index in [9.17, 15) is 0 Å². The Morgan fingerprint density at radius 1 is 1.10 bits per heavy atom. The highest BCUT2D eigenvalue weighted by Crippen LogP contribution is 2.25. The van der Waals surface area contributed by atoms with Gasteiger partial charge in [-0.05, 0) is 30.2 Å². The summed E-state index contributed by atoms with van der Waals surface area (Å²) in [7, 11) is 0. The van der Waals surface area contributed by atoms with E-state index >= 15 is 0 Å². The zero-order valence-electron chi connectivity index (χ0n) is 13.1. The van der Waals surface area contributed by atoms with Crippen molar-refractivity contribution in [2.45, 2.75) is 52.6 Å². The average Bonchev–Trinajstić information content (AvgIpc) is 2.46. The van der Waals surface area contributed by atoms with Gasteiger partial charge in [0, 0.05) is 13.1 Å². The van der Waals surface area contributed by atoms with Crippen LogP contribution in [0, 0.1) is 11.8 Å². The van der Waals surface area contributed by atoms with Crippen molar-refractivity contribution in [3.8, 4) is 0 Å². The Morgan fingerprint density at radius 2 is 1.80 bits per heavy atom. The van der Waals surface area contributed by atoms with E-state index in [0.717, 1.165) is 19.0 Å². The SMILES string of the molecule is CC(C)CN(CC1CCCCC1)OCc1ccccc1. The largest absolute Gasteiger partial charge is 0.294 e. The molecule has 1 aliphatic rings. The number of hydroxylamine groups is 2. The molecule has 0 saturated heterocycles. The van der Waals surface area contributed by atoms with Crippen LogP contribution >= 0.6 is 0 Å². The van der Waals surface area contributed by atoms with Gasteiger partial charge in [-0.25, -0.2) is 0 Å². The molecular weight excluding hydrogens is 246 g/mol. The number of hydrogen-bond donors (Lipinski definition) is 0. The van der Waals surface area contributed by atoms with E-state index in [1.807, 2.05) is 0 Å². The third-order valence-corrected chi connectivity index (χ3v) is 4.01. The van der Waals surface area contributed by atoms with E-state index in [2.05, 4.69) is 49.2 Å². The predicted molar refractivity (Wildman–Crippen MR) is 84.2 cm³/mol. The molecule has 0 amide bonds. The molecule has 2 heteroatoms. The monoisotopic (exact) mass is 275 g/mol. The Kier molecular flexibility index (Phi) is 6.55. The molecule has 0 aliphatic heterocycles. The first kappa shape index (κ1) is 15.5. The summed E-state index contributed by atoms with van der Waals surface area (Å²) < 4.78 is 0. The molecule has 1 aliphatic carbocycles. The summed E-state index contributed by atoms with van der Waals surface area (Å²) in [6, 6.07) is 10.5. The second kappa shape index (κ2) is 8.43. The van der Waals surface area contributed by atoms with Crippen molar-refractivity contribution >= 4 is 0 Å². The molecule has 1 fully saturated rings. The second-order valence-electron chi connectivity index (χ2n) is 6.50. The lowest BCUT2D eigenvalue weighted by molar-refractivity contribution is -0.183. The molecule has 0 bridgehead atoms. The van der Waals surface area contributed by atoms with Gasteiger partial charge >= 0.3 is 0 Å². The van der Waals surface area contributed by atoms with Crippen molar-refractivity contribution in [2.24, 2.45) is 11.8 Å². The molecule has 2 nitrogen and oxygen atoms in total. The zero-order valence-corrected chi connectivity index (χ0v) is 13.1. The summed E-state index contributed by atoms with van der Waals surface area (Å²) in [4.78, 5) is 6.08. The fraction of sp³-hybridized carbons (Fsp3) is 0.667. The molecule has 2 rings (SSSR count). The van der Waals surface area contributed by atoms with Crippen LogP contribution in [0.15, 0.2) is 30.3 Å². The van der Waals surface area contributed by atoms with E-state index < -0.39 is 0 Å². The van der Waals surface area contributed by atoms with E-state index in [4.69, 9.17) is 4.84 Å². The highest BCUT2D eigenvalue weighted by Gasteiger charge is 2.18. The van der Waals surface area contributed by atoms with Gasteiger partial charge in [0.2, 0.25) is 0 Å². The van der Waals surface area contributed by atoms with Gasteiger partial charge < -0.3 is 0 Å². The molecule has 0 aromatic heterocycles. The quantitative estimate of drug-likeness (QED) is 0.671. The average molecular weight is 275 g/mol. The normalized spacial score (nSPS) is 17.0. The lowest BCUT2D eigenvalue weighted by Crippen LogP contribution is -2.33. The second-order valence-corrected chi connectivity index (χ2v) is 6.50. The Bertz CT molecular complexity index is 357. The Labute approximate surface area is 124 Å². The topological polar surface area (TPSA) is 12.5 Å². The summed E-state index contributed by atoms with van der Waals surface area (Å²) in [5, 5.41) is 2.22. The molecule has 0 radical (unpaired) electrons. The lowest BCUT2D eigenvalue weighted by atomic mass is 9.89. The highest BCUT2D eigenvalue weighted by atomic mass is 16.7. The van der Waals surface area contributed by atoms with Gasteiger partial charge in [-0.2, -0.15) is 5.06 Å². The van der Waals surface area contributed by atoms with Crippen LogP contribution in [0.25, 0.3) is 0 Å². The molecule has 1 aromatic carbocycles. The van der Waals surface area contributed by atoms with E-state index in [1.165, 1.54) is 37.7 Å². The maximum atomic E-state index is 6.08. The molecule has 0 atom stereocenters. The van der Waals surface area contributed by atoms with Gasteiger partial charge in [0.25, 0.3) is 0 Å². The van der Waals surface area contributed by atoms with Crippen molar-refractivity contribution in [1.29, 1.82) is 0 Å². The van der Waals surface area contributed by atoms with Crippen LogP contribution < -0.4 is 0 Å². The van der Waals surface area contributed by atoms with Crippen LogP contribution in [0.4, 0.5) is 0 Å². The smallest absolute Gasteiger partial charge is 0.0935 e. The van der Waals surface area contributed by atoms with Crippen molar-refractivity contribution < 1.29 is 4.84 Å². The maximum Gasteiger partial charge on any atom is 0.0935 e. The first-order valence-electron chi connectivity index (χ1n) is 8.16. The molecule has 1 saturated carbocycles. The summed E-state index contributed by atoms with van der Waals surface area (Å²) in [5.41, 5.74) is 1.25. The van der Waals surface area contributed by atoms with Gasteiger partial charge in [-0.1, -0.05) is 63.4 Å². The number of rotatable bonds is 7. The number of hydrogen-bond acceptors (Lipinski definition) is 2. The van der Waals surface area contributed by atoms with Crippen molar-refractivity contribution in [3.05, 3.63) is 35.9 Å². The Balaban J connectivity index is 1.82. The minimum atomic E-state index is 0.648. The minimum Gasteiger partial charge on any atom is -0.294 e. The van der Waals surface area contributed by atoms with Crippen LogP contribution in [0.1, 0.15) is 51.5 Å². The first-order valence-corrected chi connectivity index (χ1v) is 8.16. The van der Waals surface area contributed by atoms with Crippen LogP contribution in [0.5, 0.6) is 0 Å². The fourth-order valence-electron chi connectivity index (χ4n) is 2.98. The maximum absolute atomic E-state index is 6.08. The molecule has 0 N–H and O–H groups in total. The predicted octanol–water partition coefficient (Wildman–Crippen LogP) is 4.66. The molecule has 0 spiro atoms. The van der Waals surface area contributed by atoms with Gasteiger partial charge in [0.1, 0.15) is 0 Å². The van der Waals surface area contributed by atoms with Crippen LogP contribution in [0.3, 0.4) is 0 Å². The van der Waals surface area contributed by atoms with Crippen molar-refractivity contribution in [3.63, 3.8) is 0 Å². The third kappa shape index (κ3) is 5.64. The summed E-state index contributed by atoms with van der Waals surface area (Å²) in [6.07, 6.45) is 6.98. The lowest BCUT2D eigenvalue weighted by Gasteiger charge is -2.30. The van der Waals surface area contributed by atoms with E-state index in [0.29, 0.717) is 12.5 Å². The Hall–Kier alpha value is -0.860. The number of benzene rings is 1. The van der Waals surface area contributed by atoms with Crippen LogP contribution in [-0.4, -0.2) is 18.2 Å². The van der Waals surface area contributed by atoms with Crippen molar-refractivity contribution in [2.75, 3.05) is 13.1 Å². The molecule has 0 heterocycles. The fourth-order valence-corrected chi connectivity index (χ4v) is 2.98. The van der Waals surface area contributed by atoms with Gasteiger partial charge in [-0.3, -0.25) is 4.84 Å². The molecule has 0 unspecified atom stereocenters. The molecule has 1 aromatic rings. The van der Waals surface area contributed by atoms with Crippen LogP contribution in [-0.2, 0) is 11.4 Å². The van der Waals surface area contributed by atoms with Gasteiger partial charge in [0.15, 0.2) is 0 Å². The molecule has 112 valence electrons. The first-order chi connectivity index (χ1) is 9.74. The summed E-state index contributed by atoms with van der Waals surface area (Å²) in [5.74, 6) is 1.48. The molecular formula is C18H29NO. The standard InChI is InChI=1S/C18H29NO/c1-16(2)13-19(14-17-9-5-3-6-10-17)20-15-18-11-7-4-8-12-18/h4,7-8,11-12,16-17H,3,5-6,9-10,13-15H2,1-2H3. The number of nitrogens with zero attached hydrogens (tertiary/aromatic N) is 1. The zero-order chi connectivity index (χ0) is 14.2. The van der Waals surface area contributed by atoms with E-state index in [-0.39, 0.29) is 0 Å². The summed E-state index contributed by atoms with van der Waals surface area (Å²) >= 11 is 0. The minimum absolute atomic E-state index is 0.648. The summed E-state index contributed by atoms with van der Waals surface area (Å²) in [6.45, 7) is 7.36. The van der Waals surface area contributed by atoms with E-state index in [1.54, 1.807) is 0 Å². The van der Waals surface area contributed by atoms with Gasteiger partial charge in [0.05, 0.1) is 6.61 Å². The van der Waals surface area contributed by atoms with Gasteiger partial charge in [-0.15, -0.1) is 0 Å². The van der Waals surface area contributed by atoms with Crippen LogP contribution in [0.2, 0.25) is 0 Å². The Morgan fingerprint density at radius 3 is 2.45 bits per heavy atom. The third-order valence-electron chi connectivity index (χ3n) is 4.01. The molecule has 20 heavy (non-hydrogen) atoms.